The van der Waals surface area contributed by atoms with Gasteiger partial charge in [-0.05, 0) is 60.0 Å². The van der Waals surface area contributed by atoms with Crippen molar-refractivity contribution in [3.05, 3.63) is 82.0 Å². The first kappa shape index (κ1) is 25.9. The van der Waals surface area contributed by atoms with Crippen LogP contribution in [0.2, 0.25) is 0 Å². The van der Waals surface area contributed by atoms with Crippen molar-refractivity contribution in [2.24, 2.45) is 0 Å². The molecule has 0 saturated carbocycles. The molecular formula is C29H35N3O3S. The third-order valence-electron chi connectivity index (χ3n) is 6.59. The van der Waals surface area contributed by atoms with Gasteiger partial charge in [0.15, 0.2) is 0 Å². The fourth-order valence-electron chi connectivity index (χ4n) is 4.76. The summed E-state index contributed by atoms with van der Waals surface area (Å²) < 4.78 is 5.93. The molecule has 1 N–H and O–H groups in total. The molecule has 2 aromatic carbocycles. The van der Waals surface area contributed by atoms with Crippen molar-refractivity contribution < 1.29 is 14.3 Å². The molecule has 3 aromatic rings. The van der Waals surface area contributed by atoms with Crippen LogP contribution >= 0.6 is 11.3 Å². The molecular weight excluding hydrogens is 470 g/mol. The average Bonchev–Trinajstić information content (AvgIpc) is 3.59. The van der Waals surface area contributed by atoms with Crippen LogP contribution in [0, 0.1) is 0 Å². The minimum Gasteiger partial charge on any atom is -0.377 e. The highest BCUT2D eigenvalue weighted by Crippen LogP contribution is 2.29. The van der Waals surface area contributed by atoms with E-state index < -0.39 is 0 Å². The number of hydrogen-bond acceptors (Lipinski definition) is 5. The quantitative estimate of drug-likeness (QED) is 0.380. The van der Waals surface area contributed by atoms with Gasteiger partial charge < -0.3 is 19.9 Å². The summed E-state index contributed by atoms with van der Waals surface area (Å²) in [5, 5.41) is 4.90. The molecule has 1 fully saturated rings. The smallest absolute Gasteiger partial charge is 0.265 e. The molecule has 1 aliphatic heterocycles. The maximum absolute atomic E-state index is 14.0. The zero-order valence-corrected chi connectivity index (χ0v) is 22.1. The van der Waals surface area contributed by atoms with Gasteiger partial charge in [-0.2, -0.15) is 0 Å². The van der Waals surface area contributed by atoms with Crippen molar-refractivity contribution in [2.45, 2.75) is 44.8 Å². The molecule has 2 amide bonds. The van der Waals surface area contributed by atoms with Gasteiger partial charge in [0.2, 0.25) is 5.91 Å². The van der Waals surface area contributed by atoms with Crippen molar-refractivity contribution in [3.63, 3.8) is 0 Å². The number of carbonyl (C=O) groups excluding carboxylic acids is 2. The van der Waals surface area contributed by atoms with Gasteiger partial charge >= 0.3 is 0 Å². The molecule has 1 saturated heterocycles. The molecule has 6 nitrogen and oxygen atoms in total. The van der Waals surface area contributed by atoms with Gasteiger partial charge in [-0.25, -0.2) is 0 Å². The first-order chi connectivity index (χ1) is 17.5. The van der Waals surface area contributed by atoms with E-state index in [-0.39, 0.29) is 23.8 Å². The molecule has 0 unspecified atom stereocenters. The average molecular weight is 506 g/mol. The van der Waals surface area contributed by atoms with Gasteiger partial charge in [0.1, 0.15) is 0 Å². The first-order valence-electron chi connectivity index (χ1n) is 12.6. The number of rotatable bonds is 10. The van der Waals surface area contributed by atoms with Gasteiger partial charge in [-0.15, -0.1) is 11.3 Å². The largest absolute Gasteiger partial charge is 0.377 e. The Bertz CT molecular complexity index is 1140. The third-order valence-corrected chi connectivity index (χ3v) is 7.46. The lowest BCUT2D eigenvalue weighted by Crippen LogP contribution is -2.40. The van der Waals surface area contributed by atoms with Crippen LogP contribution < -0.4 is 10.2 Å². The van der Waals surface area contributed by atoms with E-state index in [1.165, 1.54) is 11.3 Å². The molecule has 1 aromatic heterocycles. The Labute approximate surface area is 217 Å². The van der Waals surface area contributed by atoms with Crippen molar-refractivity contribution in [3.8, 4) is 0 Å². The Kier molecular flexibility index (Phi) is 8.78. The molecule has 1 aliphatic rings. The summed E-state index contributed by atoms with van der Waals surface area (Å²) in [7, 11) is 3.99. The number of amides is 2. The fraction of sp³-hybridized carbons (Fsp3) is 0.379. The van der Waals surface area contributed by atoms with Crippen LogP contribution in [0.5, 0.6) is 0 Å². The minimum absolute atomic E-state index is 0.0479. The van der Waals surface area contributed by atoms with Gasteiger partial charge in [0.25, 0.3) is 5.91 Å². The van der Waals surface area contributed by atoms with Crippen LogP contribution in [0.15, 0.2) is 66.0 Å². The highest BCUT2D eigenvalue weighted by Gasteiger charge is 2.29. The summed E-state index contributed by atoms with van der Waals surface area (Å²) in [5.41, 5.74) is 3.75. The van der Waals surface area contributed by atoms with E-state index in [1.807, 2.05) is 89.9 Å². The Morgan fingerprint density at radius 1 is 1.11 bits per heavy atom. The molecule has 4 rings (SSSR count). The van der Waals surface area contributed by atoms with E-state index in [9.17, 15) is 9.59 Å². The Balaban J connectivity index is 1.63. The molecule has 7 heteroatoms. The Morgan fingerprint density at radius 3 is 2.56 bits per heavy atom. The zero-order chi connectivity index (χ0) is 25.5. The molecule has 0 bridgehead atoms. The molecule has 190 valence electrons. The van der Waals surface area contributed by atoms with Crippen LogP contribution in [0.4, 0.5) is 11.4 Å². The molecule has 0 radical (unpaired) electrons. The van der Waals surface area contributed by atoms with Crippen LogP contribution in [0.1, 0.15) is 52.9 Å². The Morgan fingerprint density at radius 2 is 1.92 bits per heavy atom. The van der Waals surface area contributed by atoms with Crippen LogP contribution in [-0.2, 0) is 16.1 Å². The molecule has 2 heterocycles. The third kappa shape index (κ3) is 6.33. The van der Waals surface area contributed by atoms with E-state index >= 15 is 0 Å². The number of anilines is 2. The topological polar surface area (TPSA) is 61.9 Å². The maximum Gasteiger partial charge on any atom is 0.265 e. The number of hydrogen-bond donors (Lipinski definition) is 1. The first-order valence-corrected chi connectivity index (χ1v) is 13.4. The monoisotopic (exact) mass is 505 g/mol. The standard InChI is InChI=1S/C29H35N3O3S/c1-4-25(21-10-6-5-7-11-21)29(34)32(20-24-12-8-16-35-24)19-22-18-23(14-15-26(22)31(2)3)30-28(33)27-13-9-17-36-27/h5-7,9-11,13-15,17-18,24-25H,4,8,12,16,19-20H2,1-3H3,(H,30,33)/t24-,25+/m0/s1. The highest BCUT2D eigenvalue weighted by molar-refractivity contribution is 7.12. The van der Waals surface area contributed by atoms with Crippen molar-refractivity contribution in [1.82, 2.24) is 4.90 Å². The van der Waals surface area contributed by atoms with Crippen LogP contribution in [-0.4, -0.2) is 50.1 Å². The maximum atomic E-state index is 14.0. The lowest BCUT2D eigenvalue weighted by atomic mass is 9.94. The normalized spacial score (nSPS) is 15.9. The summed E-state index contributed by atoms with van der Waals surface area (Å²) >= 11 is 1.41. The molecule has 36 heavy (non-hydrogen) atoms. The molecule has 2 atom stereocenters. The van der Waals surface area contributed by atoms with E-state index in [4.69, 9.17) is 4.74 Å². The SMILES string of the molecule is CC[C@@H](C(=O)N(Cc1cc(NC(=O)c2cccs2)ccc1N(C)C)C[C@@H]1CCCO1)c1ccccc1. The van der Waals surface area contributed by atoms with Crippen molar-refractivity contribution in [1.29, 1.82) is 0 Å². The minimum atomic E-state index is -0.211. The van der Waals surface area contributed by atoms with E-state index in [2.05, 4.69) is 12.2 Å². The summed E-state index contributed by atoms with van der Waals surface area (Å²) in [6.45, 7) is 3.81. The lowest BCUT2D eigenvalue weighted by Gasteiger charge is -2.31. The number of nitrogens with zero attached hydrogens (tertiary/aromatic N) is 2. The van der Waals surface area contributed by atoms with Crippen molar-refractivity contribution >= 4 is 34.5 Å². The number of benzene rings is 2. The predicted octanol–water partition coefficient (Wildman–Crippen LogP) is 5.77. The Hall–Kier alpha value is -3.16. The van der Waals surface area contributed by atoms with E-state index in [0.29, 0.717) is 23.7 Å². The molecule has 0 aliphatic carbocycles. The highest BCUT2D eigenvalue weighted by atomic mass is 32.1. The summed E-state index contributed by atoms with van der Waals surface area (Å²) in [6, 6.07) is 19.6. The van der Waals surface area contributed by atoms with E-state index in [1.54, 1.807) is 0 Å². The predicted molar refractivity (Wildman–Crippen MR) is 147 cm³/mol. The second-order valence-corrected chi connectivity index (χ2v) is 10.3. The number of nitrogens with one attached hydrogen (secondary N) is 1. The fourth-order valence-corrected chi connectivity index (χ4v) is 5.38. The summed E-state index contributed by atoms with van der Waals surface area (Å²) in [5.74, 6) is -0.231. The van der Waals surface area contributed by atoms with Gasteiger partial charge in [-0.1, -0.05) is 43.3 Å². The summed E-state index contributed by atoms with van der Waals surface area (Å²) in [6.07, 6.45) is 2.76. The van der Waals surface area contributed by atoms with Gasteiger partial charge in [0, 0.05) is 45.2 Å². The lowest BCUT2D eigenvalue weighted by molar-refractivity contribution is -0.135. The van der Waals surface area contributed by atoms with Gasteiger partial charge in [-0.3, -0.25) is 9.59 Å². The molecule has 0 spiro atoms. The summed E-state index contributed by atoms with van der Waals surface area (Å²) in [4.78, 5) is 31.3. The van der Waals surface area contributed by atoms with Crippen LogP contribution in [0.25, 0.3) is 0 Å². The van der Waals surface area contributed by atoms with Gasteiger partial charge in [0.05, 0.1) is 16.9 Å². The second-order valence-electron chi connectivity index (χ2n) is 9.39. The second kappa shape index (κ2) is 12.2. The number of thiophene rings is 1. The van der Waals surface area contributed by atoms with Crippen LogP contribution in [0.3, 0.4) is 0 Å². The number of ether oxygens (including phenoxy) is 1. The van der Waals surface area contributed by atoms with E-state index in [0.717, 1.165) is 42.7 Å². The number of carbonyl (C=O) groups is 2. The van der Waals surface area contributed by atoms with Crippen molar-refractivity contribution in [2.75, 3.05) is 37.5 Å². The zero-order valence-electron chi connectivity index (χ0n) is 21.3.